The zero-order valence-corrected chi connectivity index (χ0v) is 23.3. The maximum atomic E-state index is 13.4. The van der Waals surface area contributed by atoms with Crippen LogP contribution in [0.5, 0.6) is 11.5 Å². The van der Waals surface area contributed by atoms with Crippen LogP contribution in [0, 0.1) is 0 Å². The van der Waals surface area contributed by atoms with Crippen molar-refractivity contribution in [2.75, 3.05) is 17.7 Å². The number of anilines is 2. The average molecular weight is 568 g/mol. The number of phenolic OH excluding ortho intramolecular Hbond substituents is 1. The number of nitrogens with one attached hydrogen (secondary N) is 3. The fourth-order valence-corrected chi connectivity index (χ4v) is 4.71. The second-order valence-electron chi connectivity index (χ2n) is 8.90. The topological polar surface area (TPSA) is 117 Å². The molecule has 0 heterocycles. The molecule has 0 aliphatic rings. The minimum absolute atomic E-state index is 0.000633. The number of hydrogen-bond donors (Lipinski definition) is 4. The Morgan fingerprint density at radius 1 is 0.829 bits per heavy atom. The molecule has 0 saturated carbocycles. The summed E-state index contributed by atoms with van der Waals surface area (Å²) in [6.07, 6.45) is 1.48. The highest BCUT2D eigenvalue weighted by atomic mass is 32.2. The number of para-hydroxylation sites is 1. The van der Waals surface area contributed by atoms with Gasteiger partial charge in [-0.25, -0.2) is 0 Å². The Morgan fingerprint density at radius 3 is 2.22 bits per heavy atom. The lowest BCUT2D eigenvalue weighted by Gasteiger charge is -2.14. The first kappa shape index (κ1) is 29.0. The Bertz CT molecular complexity index is 1560. The van der Waals surface area contributed by atoms with Gasteiger partial charge in [0, 0.05) is 33.5 Å². The van der Waals surface area contributed by atoms with Gasteiger partial charge < -0.3 is 25.8 Å². The Morgan fingerprint density at radius 2 is 1.51 bits per heavy atom. The molecule has 4 aromatic carbocycles. The molecule has 0 aliphatic carbocycles. The number of thioether (sulfide) groups is 1. The van der Waals surface area contributed by atoms with Gasteiger partial charge in [-0.3, -0.25) is 14.4 Å². The maximum absolute atomic E-state index is 13.4. The van der Waals surface area contributed by atoms with Gasteiger partial charge in [0.15, 0.2) is 0 Å². The third kappa shape index (κ3) is 8.23. The maximum Gasteiger partial charge on any atom is 0.272 e. The van der Waals surface area contributed by atoms with E-state index in [2.05, 4.69) is 16.0 Å². The van der Waals surface area contributed by atoms with E-state index in [0.717, 1.165) is 4.90 Å². The Balaban J connectivity index is 1.53. The molecule has 0 aromatic heterocycles. The van der Waals surface area contributed by atoms with Gasteiger partial charge in [0.05, 0.1) is 12.4 Å². The summed E-state index contributed by atoms with van der Waals surface area (Å²) < 4.78 is 5.34. The minimum atomic E-state index is -0.568. The molecule has 41 heavy (non-hydrogen) atoms. The zero-order valence-electron chi connectivity index (χ0n) is 22.5. The number of rotatable bonds is 10. The predicted molar refractivity (Wildman–Crippen MR) is 162 cm³/mol. The Hall–Kier alpha value is -5.02. The van der Waals surface area contributed by atoms with Crippen molar-refractivity contribution in [2.24, 2.45) is 0 Å². The van der Waals surface area contributed by atoms with Crippen molar-refractivity contribution in [1.82, 2.24) is 5.32 Å². The van der Waals surface area contributed by atoms with Crippen LogP contribution in [0.15, 0.2) is 114 Å². The van der Waals surface area contributed by atoms with E-state index >= 15 is 0 Å². The van der Waals surface area contributed by atoms with Crippen molar-refractivity contribution in [3.05, 3.63) is 120 Å². The van der Waals surface area contributed by atoms with E-state index in [4.69, 9.17) is 4.74 Å². The predicted octanol–water partition coefficient (Wildman–Crippen LogP) is 5.93. The van der Waals surface area contributed by atoms with Gasteiger partial charge in [-0.2, -0.15) is 0 Å². The molecule has 0 bridgehead atoms. The molecule has 3 amide bonds. The summed E-state index contributed by atoms with van der Waals surface area (Å²) in [4.78, 5) is 39.8. The van der Waals surface area contributed by atoms with Crippen LogP contribution in [0.25, 0.3) is 6.08 Å². The molecule has 4 rings (SSSR count). The molecular formula is C32H29N3O5S. The van der Waals surface area contributed by atoms with Gasteiger partial charge >= 0.3 is 0 Å². The molecule has 0 saturated heterocycles. The van der Waals surface area contributed by atoms with E-state index < -0.39 is 17.1 Å². The minimum Gasteiger partial charge on any atom is -0.508 e. The Kier molecular flexibility index (Phi) is 9.80. The van der Waals surface area contributed by atoms with Crippen LogP contribution in [0.2, 0.25) is 0 Å². The van der Waals surface area contributed by atoms with Gasteiger partial charge in [0.2, 0.25) is 5.91 Å². The molecule has 9 heteroatoms. The number of aromatic hydroxyl groups is 1. The summed E-state index contributed by atoms with van der Waals surface area (Å²) in [5.74, 6) is -0.856. The van der Waals surface area contributed by atoms with Crippen molar-refractivity contribution < 1.29 is 24.2 Å². The van der Waals surface area contributed by atoms with Crippen LogP contribution in [0.4, 0.5) is 11.4 Å². The Labute approximate surface area is 242 Å². The molecule has 1 atom stereocenters. The summed E-state index contributed by atoms with van der Waals surface area (Å²) in [7, 11) is 1.44. The highest BCUT2D eigenvalue weighted by Gasteiger charge is 2.18. The second kappa shape index (κ2) is 13.9. The van der Waals surface area contributed by atoms with Crippen LogP contribution < -0.4 is 20.7 Å². The van der Waals surface area contributed by atoms with Crippen LogP contribution >= 0.6 is 11.8 Å². The van der Waals surface area contributed by atoms with E-state index in [-0.39, 0.29) is 17.4 Å². The number of amides is 3. The van der Waals surface area contributed by atoms with E-state index in [1.807, 2.05) is 36.4 Å². The molecule has 4 aromatic rings. The number of methoxy groups -OCH3 is 1. The first-order valence-electron chi connectivity index (χ1n) is 12.7. The molecule has 0 aliphatic heterocycles. The summed E-state index contributed by atoms with van der Waals surface area (Å²) in [6, 6.07) is 29.3. The lowest BCUT2D eigenvalue weighted by Crippen LogP contribution is -2.30. The number of phenols is 1. The summed E-state index contributed by atoms with van der Waals surface area (Å²) >= 11 is 1.35. The number of carbonyl (C=O) groups excluding carboxylic acids is 3. The van der Waals surface area contributed by atoms with Gasteiger partial charge in [0.1, 0.15) is 17.2 Å². The molecule has 0 spiro atoms. The zero-order chi connectivity index (χ0) is 29.2. The van der Waals surface area contributed by atoms with E-state index in [0.29, 0.717) is 28.3 Å². The first-order chi connectivity index (χ1) is 19.8. The molecule has 0 radical (unpaired) electrons. The molecule has 8 nitrogen and oxygen atoms in total. The van der Waals surface area contributed by atoms with Crippen LogP contribution in [-0.4, -0.2) is 35.2 Å². The van der Waals surface area contributed by atoms with Crippen molar-refractivity contribution in [3.63, 3.8) is 0 Å². The van der Waals surface area contributed by atoms with Crippen LogP contribution in [0.3, 0.4) is 0 Å². The smallest absolute Gasteiger partial charge is 0.272 e. The molecule has 0 fully saturated rings. The van der Waals surface area contributed by atoms with E-state index in [1.165, 1.54) is 37.1 Å². The number of hydrogen-bond acceptors (Lipinski definition) is 6. The molecule has 4 N–H and O–H groups in total. The molecule has 208 valence electrons. The third-order valence-corrected chi connectivity index (χ3v) is 6.95. The normalized spacial score (nSPS) is 11.7. The van der Waals surface area contributed by atoms with Crippen molar-refractivity contribution in [1.29, 1.82) is 0 Å². The van der Waals surface area contributed by atoms with E-state index in [1.54, 1.807) is 61.5 Å². The lowest BCUT2D eigenvalue weighted by molar-refractivity contribution is -0.115. The van der Waals surface area contributed by atoms with Crippen molar-refractivity contribution >= 4 is 46.9 Å². The van der Waals surface area contributed by atoms with Crippen LogP contribution in [-0.2, 0) is 9.59 Å². The molecular weight excluding hydrogens is 538 g/mol. The van der Waals surface area contributed by atoms with Gasteiger partial charge in [0.25, 0.3) is 11.8 Å². The lowest BCUT2D eigenvalue weighted by atomic mass is 10.1. The standard InChI is InChI=1S/C32H29N3O5S/c1-21(30(37)33-24-12-7-4-8-13-24)41-27-15-9-14-25(19-27)34-32(39)28(35-31(38)22-10-5-3-6-11-22)18-23-16-17-26(36)20-29(23)40-2/h3-21,36H,1-2H3,(H,33,37)(H,34,39)(H,35,38)/b28-18+. The SMILES string of the molecule is COc1cc(O)ccc1/C=C(/NC(=O)c1ccccc1)C(=O)Nc1cccc(SC(C)C(=O)Nc2ccccc2)c1. The fraction of sp³-hybridized carbons (Fsp3) is 0.0938. The van der Waals surface area contributed by atoms with Crippen LogP contribution in [0.1, 0.15) is 22.8 Å². The third-order valence-electron chi connectivity index (χ3n) is 5.86. The number of carbonyl (C=O) groups is 3. The van der Waals surface area contributed by atoms with E-state index in [9.17, 15) is 19.5 Å². The van der Waals surface area contributed by atoms with Crippen molar-refractivity contribution in [3.8, 4) is 11.5 Å². The molecule has 1 unspecified atom stereocenters. The highest BCUT2D eigenvalue weighted by molar-refractivity contribution is 8.00. The van der Waals surface area contributed by atoms with Crippen molar-refractivity contribution in [2.45, 2.75) is 17.1 Å². The fourth-order valence-electron chi connectivity index (χ4n) is 3.79. The number of benzene rings is 4. The second-order valence-corrected chi connectivity index (χ2v) is 10.3. The monoisotopic (exact) mass is 567 g/mol. The summed E-state index contributed by atoms with van der Waals surface area (Å²) in [5, 5.41) is 17.8. The highest BCUT2D eigenvalue weighted by Crippen LogP contribution is 2.28. The van der Waals surface area contributed by atoms with Gasteiger partial charge in [-0.15, -0.1) is 11.8 Å². The largest absolute Gasteiger partial charge is 0.508 e. The van der Waals surface area contributed by atoms with Gasteiger partial charge in [-0.05, 0) is 67.6 Å². The van der Waals surface area contributed by atoms with Gasteiger partial charge in [-0.1, -0.05) is 42.5 Å². The quantitative estimate of drug-likeness (QED) is 0.139. The summed E-state index contributed by atoms with van der Waals surface area (Å²) in [5.41, 5.74) is 2.02. The number of ether oxygens (including phenoxy) is 1. The average Bonchev–Trinajstić information content (AvgIpc) is 2.98. The first-order valence-corrected chi connectivity index (χ1v) is 13.6. The summed E-state index contributed by atoms with van der Waals surface area (Å²) in [6.45, 7) is 1.80.